The first-order chi connectivity index (χ1) is 11.5. The zero-order valence-electron chi connectivity index (χ0n) is 12.8. The van der Waals surface area contributed by atoms with Gasteiger partial charge in [-0.25, -0.2) is 0 Å². The number of hydrogen-bond acceptors (Lipinski definition) is 2. The van der Waals surface area contributed by atoms with Crippen LogP contribution in [0.25, 0.3) is 22.3 Å². The normalized spacial score (nSPS) is 11.3. The third-order valence-corrected chi connectivity index (χ3v) is 3.66. The van der Waals surface area contributed by atoms with Crippen LogP contribution in [0.15, 0.2) is 66.9 Å². The molecule has 0 amide bonds. The average Bonchev–Trinajstić information content (AvgIpc) is 2.61. The molecule has 0 aliphatic carbocycles. The van der Waals surface area contributed by atoms with Gasteiger partial charge in [-0.2, -0.15) is 13.2 Å². The van der Waals surface area contributed by atoms with E-state index in [4.69, 9.17) is 4.74 Å². The molecule has 122 valence electrons. The molecular formula is C19H14F3NO. The summed E-state index contributed by atoms with van der Waals surface area (Å²) in [4.78, 5) is 3.60. The monoisotopic (exact) mass is 329 g/mol. The zero-order valence-corrected chi connectivity index (χ0v) is 12.8. The van der Waals surface area contributed by atoms with Crippen molar-refractivity contribution in [3.05, 3.63) is 72.6 Å². The van der Waals surface area contributed by atoms with Crippen molar-refractivity contribution in [1.29, 1.82) is 0 Å². The molecule has 0 atom stereocenters. The Bertz CT molecular complexity index is 845. The van der Waals surface area contributed by atoms with Crippen LogP contribution in [0.1, 0.15) is 5.69 Å². The lowest BCUT2D eigenvalue weighted by molar-refractivity contribution is -0.141. The van der Waals surface area contributed by atoms with Crippen molar-refractivity contribution < 1.29 is 17.9 Å². The average molecular weight is 329 g/mol. The standard InChI is InChI=1S/C19H14F3NO/c1-24-15-9-5-8-14(10-15)17-12-23-18(19(20,21)22)11-16(17)13-6-3-2-4-7-13/h2-12H,1H3. The topological polar surface area (TPSA) is 22.1 Å². The van der Waals surface area contributed by atoms with Crippen LogP contribution in [0.5, 0.6) is 5.75 Å². The summed E-state index contributed by atoms with van der Waals surface area (Å²) in [5, 5.41) is 0. The summed E-state index contributed by atoms with van der Waals surface area (Å²) in [5.74, 6) is 0.631. The Morgan fingerprint density at radius 1 is 0.833 bits per heavy atom. The number of halogens is 3. The van der Waals surface area contributed by atoms with Gasteiger partial charge in [0.15, 0.2) is 0 Å². The number of alkyl halides is 3. The van der Waals surface area contributed by atoms with Crippen molar-refractivity contribution in [2.45, 2.75) is 6.18 Å². The molecule has 5 heteroatoms. The van der Waals surface area contributed by atoms with Gasteiger partial charge in [-0.05, 0) is 34.9 Å². The van der Waals surface area contributed by atoms with Crippen LogP contribution in [-0.4, -0.2) is 12.1 Å². The predicted molar refractivity (Wildman–Crippen MR) is 86.7 cm³/mol. The minimum absolute atomic E-state index is 0.478. The predicted octanol–water partition coefficient (Wildman–Crippen LogP) is 5.44. The lowest BCUT2D eigenvalue weighted by Gasteiger charge is -2.14. The molecule has 1 heterocycles. The first-order valence-electron chi connectivity index (χ1n) is 7.26. The van der Waals surface area contributed by atoms with Crippen LogP contribution in [0, 0.1) is 0 Å². The molecule has 3 rings (SSSR count). The maximum absolute atomic E-state index is 13.1. The third kappa shape index (κ3) is 3.25. The van der Waals surface area contributed by atoms with Gasteiger partial charge < -0.3 is 4.74 Å². The van der Waals surface area contributed by atoms with Crippen molar-refractivity contribution in [3.63, 3.8) is 0 Å². The molecule has 0 spiro atoms. The SMILES string of the molecule is COc1cccc(-c2cnc(C(F)(F)F)cc2-c2ccccc2)c1. The fraction of sp³-hybridized carbons (Fsp3) is 0.105. The Hall–Kier alpha value is -2.82. The van der Waals surface area contributed by atoms with E-state index in [2.05, 4.69) is 4.98 Å². The molecule has 0 saturated carbocycles. The molecule has 24 heavy (non-hydrogen) atoms. The highest BCUT2D eigenvalue weighted by Gasteiger charge is 2.33. The molecule has 2 aromatic carbocycles. The molecule has 0 aliphatic heterocycles. The summed E-state index contributed by atoms with van der Waals surface area (Å²) in [5.41, 5.74) is 1.63. The van der Waals surface area contributed by atoms with Crippen molar-refractivity contribution in [2.24, 2.45) is 0 Å². The molecule has 0 bridgehead atoms. The van der Waals surface area contributed by atoms with Gasteiger partial charge in [0.05, 0.1) is 7.11 Å². The van der Waals surface area contributed by atoms with Gasteiger partial charge in [0.2, 0.25) is 0 Å². The van der Waals surface area contributed by atoms with Gasteiger partial charge in [0, 0.05) is 11.8 Å². The largest absolute Gasteiger partial charge is 0.497 e. The molecule has 0 radical (unpaired) electrons. The van der Waals surface area contributed by atoms with Crippen LogP contribution in [0.3, 0.4) is 0 Å². The lowest BCUT2D eigenvalue weighted by atomic mass is 9.95. The molecule has 0 saturated heterocycles. The van der Waals surface area contributed by atoms with E-state index in [1.54, 1.807) is 49.6 Å². The number of aromatic nitrogens is 1. The Morgan fingerprint density at radius 2 is 1.54 bits per heavy atom. The summed E-state index contributed by atoms with van der Waals surface area (Å²) in [6.45, 7) is 0. The summed E-state index contributed by atoms with van der Waals surface area (Å²) in [7, 11) is 1.54. The van der Waals surface area contributed by atoms with Gasteiger partial charge in [-0.15, -0.1) is 0 Å². The number of rotatable bonds is 3. The van der Waals surface area contributed by atoms with Crippen LogP contribution in [-0.2, 0) is 6.18 Å². The fourth-order valence-corrected chi connectivity index (χ4v) is 2.49. The highest BCUT2D eigenvalue weighted by Crippen LogP contribution is 2.37. The summed E-state index contributed by atoms with van der Waals surface area (Å²) >= 11 is 0. The maximum Gasteiger partial charge on any atom is 0.433 e. The molecular weight excluding hydrogens is 315 g/mol. The van der Waals surface area contributed by atoms with Crippen LogP contribution >= 0.6 is 0 Å². The van der Waals surface area contributed by atoms with Crippen molar-refractivity contribution >= 4 is 0 Å². The number of benzene rings is 2. The minimum Gasteiger partial charge on any atom is -0.497 e. The number of ether oxygens (including phenoxy) is 1. The van der Waals surface area contributed by atoms with Gasteiger partial charge in [-0.1, -0.05) is 42.5 Å². The second-order valence-electron chi connectivity index (χ2n) is 5.21. The number of pyridine rings is 1. The van der Waals surface area contributed by atoms with E-state index in [0.29, 0.717) is 22.4 Å². The Balaban J connectivity index is 2.22. The second-order valence-corrected chi connectivity index (χ2v) is 5.21. The molecule has 0 N–H and O–H groups in total. The van der Waals surface area contributed by atoms with E-state index in [-0.39, 0.29) is 0 Å². The van der Waals surface area contributed by atoms with Crippen molar-refractivity contribution in [3.8, 4) is 28.0 Å². The number of methoxy groups -OCH3 is 1. The van der Waals surface area contributed by atoms with Gasteiger partial charge >= 0.3 is 6.18 Å². The van der Waals surface area contributed by atoms with Gasteiger partial charge in [0.1, 0.15) is 11.4 Å². The Morgan fingerprint density at radius 3 is 2.21 bits per heavy atom. The smallest absolute Gasteiger partial charge is 0.433 e. The zero-order chi connectivity index (χ0) is 17.2. The van der Waals surface area contributed by atoms with Crippen molar-refractivity contribution in [2.75, 3.05) is 7.11 Å². The van der Waals surface area contributed by atoms with Crippen molar-refractivity contribution in [1.82, 2.24) is 4.98 Å². The molecule has 3 aromatic rings. The molecule has 1 aromatic heterocycles. The highest BCUT2D eigenvalue weighted by atomic mass is 19.4. The van der Waals surface area contributed by atoms with E-state index in [9.17, 15) is 13.2 Å². The molecule has 0 aliphatic rings. The van der Waals surface area contributed by atoms with Crippen LogP contribution in [0.2, 0.25) is 0 Å². The first-order valence-corrected chi connectivity index (χ1v) is 7.26. The maximum atomic E-state index is 13.1. The summed E-state index contributed by atoms with van der Waals surface area (Å²) in [6.07, 6.45) is -3.23. The number of hydrogen-bond donors (Lipinski definition) is 0. The van der Waals surface area contributed by atoms with Crippen LogP contribution in [0.4, 0.5) is 13.2 Å². The van der Waals surface area contributed by atoms with E-state index in [0.717, 1.165) is 11.6 Å². The first kappa shape index (κ1) is 16.1. The fourth-order valence-electron chi connectivity index (χ4n) is 2.49. The van der Waals surface area contributed by atoms with E-state index < -0.39 is 11.9 Å². The lowest BCUT2D eigenvalue weighted by Crippen LogP contribution is -2.08. The molecule has 2 nitrogen and oxygen atoms in total. The Labute approximate surface area is 137 Å². The van der Waals surface area contributed by atoms with Gasteiger partial charge in [-0.3, -0.25) is 4.98 Å². The van der Waals surface area contributed by atoms with E-state index >= 15 is 0 Å². The molecule has 0 unspecified atom stereocenters. The van der Waals surface area contributed by atoms with E-state index in [1.807, 2.05) is 12.1 Å². The quantitative estimate of drug-likeness (QED) is 0.638. The van der Waals surface area contributed by atoms with Gasteiger partial charge in [0.25, 0.3) is 0 Å². The van der Waals surface area contributed by atoms with E-state index in [1.165, 1.54) is 6.20 Å². The highest BCUT2D eigenvalue weighted by molar-refractivity contribution is 5.83. The minimum atomic E-state index is -4.49. The number of nitrogens with zero attached hydrogens (tertiary/aromatic N) is 1. The summed E-state index contributed by atoms with van der Waals surface area (Å²) < 4.78 is 44.4. The third-order valence-electron chi connectivity index (χ3n) is 3.66. The molecule has 0 fully saturated rings. The van der Waals surface area contributed by atoms with Crippen LogP contribution < -0.4 is 4.74 Å². The second kappa shape index (κ2) is 6.35. The summed E-state index contributed by atoms with van der Waals surface area (Å²) in [6, 6.07) is 17.2. The Kier molecular flexibility index (Phi) is 4.25.